The fourth-order valence-electron chi connectivity index (χ4n) is 1.32. The predicted octanol–water partition coefficient (Wildman–Crippen LogP) is 3.07. The van der Waals surface area contributed by atoms with Gasteiger partial charge in [0.25, 0.3) is 0 Å². The molecular weight excluding hydrogens is 192 g/mol. The lowest BCUT2D eigenvalue weighted by Crippen LogP contribution is -2.12. The minimum absolute atomic E-state index is 0.109. The first kappa shape index (κ1) is 16.8. The van der Waals surface area contributed by atoms with E-state index < -0.39 is 5.97 Å². The molecule has 0 saturated carbocycles. The van der Waals surface area contributed by atoms with Gasteiger partial charge in [0.2, 0.25) is 0 Å². The van der Waals surface area contributed by atoms with Crippen LogP contribution in [0.15, 0.2) is 0 Å². The van der Waals surface area contributed by atoms with Crippen LogP contribution in [0.3, 0.4) is 0 Å². The van der Waals surface area contributed by atoms with Gasteiger partial charge in [-0.3, -0.25) is 4.79 Å². The molecule has 0 rings (SSSR count). The van der Waals surface area contributed by atoms with Crippen LogP contribution in [0, 0.1) is 5.92 Å². The second-order valence-electron chi connectivity index (χ2n) is 3.61. The van der Waals surface area contributed by atoms with E-state index in [1.54, 1.807) is 6.92 Å². The lowest BCUT2D eigenvalue weighted by Gasteiger charge is -2.08. The van der Waals surface area contributed by atoms with Gasteiger partial charge in [0.05, 0.1) is 5.92 Å². The van der Waals surface area contributed by atoms with Crippen molar-refractivity contribution >= 4 is 5.97 Å². The number of aliphatic hydroxyl groups excluding tert-OH is 1. The van der Waals surface area contributed by atoms with Crippen molar-refractivity contribution in [2.24, 2.45) is 5.92 Å². The smallest absolute Gasteiger partial charge is 0.306 e. The summed E-state index contributed by atoms with van der Waals surface area (Å²) in [5, 5.41) is 16.3. The largest absolute Gasteiger partial charge is 0.481 e. The maximum absolute atomic E-state index is 10.6. The molecule has 1 atom stereocenters. The second-order valence-corrected chi connectivity index (χ2v) is 3.61. The second kappa shape index (κ2) is 13.4. The number of carbonyl (C=O) groups is 1. The van der Waals surface area contributed by atoms with Crippen molar-refractivity contribution in [1.82, 2.24) is 0 Å². The maximum atomic E-state index is 10.6. The fraction of sp³-hybridized carbons (Fsp3) is 0.917. The summed E-state index contributed by atoms with van der Waals surface area (Å²) in [6.07, 6.45) is 6.31. The van der Waals surface area contributed by atoms with Crippen LogP contribution in [-0.2, 0) is 4.79 Å². The highest BCUT2D eigenvalue weighted by Gasteiger charge is 2.13. The Morgan fingerprint density at radius 2 is 1.67 bits per heavy atom. The molecule has 0 aromatic rings. The summed E-state index contributed by atoms with van der Waals surface area (Å²) < 4.78 is 0. The van der Waals surface area contributed by atoms with Crippen LogP contribution in [0.1, 0.15) is 59.3 Å². The Kier molecular flexibility index (Phi) is 15.1. The molecule has 0 fully saturated rings. The number of carboxylic acids is 1. The Balaban J connectivity index is 0. The minimum Gasteiger partial charge on any atom is -0.481 e. The lowest BCUT2D eigenvalue weighted by molar-refractivity contribution is -0.142. The quantitative estimate of drug-likeness (QED) is 0.646. The maximum Gasteiger partial charge on any atom is 0.306 e. The molecule has 0 bridgehead atoms. The van der Waals surface area contributed by atoms with Crippen molar-refractivity contribution in [3.05, 3.63) is 0 Å². The summed E-state index contributed by atoms with van der Waals surface area (Å²) in [6, 6.07) is 0. The van der Waals surface area contributed by atoms with E-state index in [-0.39, 0.29) is 12.5 Å². The Hall–Kier alpha value is -0.570. The van der Waals surface area contributed by atoms with Crippen LogP contribution in [0.4, 0.5) is 0 Å². The van der Waals surface area contributed by atoms with E-state index >= 15 is 0 Å². The minimum atomic E-state index is -0.631. The molecule has 0 heterocycles. The van der Waals surface area contributed by atoms with Crippen molar-refractivity contribution in [3.8, 4) is 0 Å². The van der Waals surface area contributed by atoms with Crippen molar-refractivity contribution in [2.45, 2.75) is 59.3 Å². The van der Waals surface area contributed by atoms with Gasteiger partial charge in [0, 0.05) is 6.61 Å². The Morgan fingerprint density at radius 1 is 1.13 bits per heavy atom. The summed E-state index contributed by atoms with van der Waals surface area (Å²) in [4.78, 5) is 10.6. The number of hydrogen-bond donors (Lipinski definition) is 2. The van der Waals surface area contributed by atoms with Crippen LogP contribution < -0.4 is 0 Å². The van der Waals surface area contributed by atoms with Gasteiger partial charge in [0.1, 0.15) is 0 Å². The molecule has 92 valence electrons. The Morgan fingerprint density at radius 3 is 2.00 bits per heavy atom. The number of aliphatic carboxylic acids is 1. The zero-order chi connectivity index (χ0) is 12.1. The molecule has 2 N–H and O–H groups in total. The van der Waals surface area contributed by atoms with Crippen molar-refractivity contribution in [1.29, 1.82) is 0 Å². The average molecular weight is 218 g/mol. The zero-order valence-corrected chi connectivity index (χ0v) is 10.3. The molecule has 0 aliphatic heterocycles. The molecule has 0 saturated heterocycles. The third-order valence-electron chi connectivity index (χ3n) is 2.25. The van der Waals surface area contributed by atoms with E-state index in [1.807, 2.05) is 6.92 Å². The van der Waals surface area contributed by atoms with Gasteiger partial charge in [-0.05, 0) is 19.8 Å². The third-order valence-corrected chi connectivity index (χ3v) is 2.25. The predicted molar refractivity (Wildman–Crippen MR) is 62.9 cm³/mol. The van der Waals surface area contributed by atoms with Crippen LogP contribution in [0.5, 0.6) is 0 Å². The molecule has 0 aliphatic rings. The standard InChI is InChI=1S/C10H20O2.C2H6O/c1-3-5-6-7-8-9(4-2)10(11)12;1-2-3/h9H,3-8H2,1-2H3,(H,11,12);3H,2H2,1H3. The van der Waals surface area contributed by atoms with E-state index in [0.29, 0.717) is 0 Å². The molecule has 0 aromatic heterocycles. The van der Waals surface area contributed by atoms with Gasteiger partial charge < -0.3 is 10.2 Å². The van der Waals surface area contributed by atoms with Crippen molar-refractivity contribution in [3.63, 3.8) is 0 Å². The van der Waals surface area contributed by atoms with E-state index in [9.17, 15) is 4.79 Å². The van der Waals surface area contributed by atoms with Crippen LogP contribution in [-0.4, -0.2) is 22.8 Å². The van der Waals surface area contributed by atoms with E-state index in [1.165, 1.54) is 19.3 Å². The van der Waals surface area contributed by atoms with Crippen LogP contribution in [0.25, 0.3) is 0 Å². The van der Waals surface area contributed by atoms with Gasteiger partial charge in [-0.25, -0.2) is 0 Å². The molecule has 0 aromatic carbocycles. The highest BCUT2D eigenvalue weighted by Crippen LogP contribution is 2.13. The molecule has 3 heteroatoms. The summed E-state index contributed by atoms with van der Waals surface area (Å²) in [5.74, 6) is -0.740. The number of aliphatic hydroxyl groups is 1. The molecule has 0 aliphatic carbocycles. The van der Waals surface area contributed by atoms with Crippen molar-refractivity contribution in [2.75, 3.05) is 6.61 Å². The zero-order valence-electron chi connectivity index (χ0n) is 10.3. The van der Waals surface area contributed by atoms with E-state index in [0.717, 1.165) is 19.3 Å². The van der Waals surface area contributed by atoms with Gasteiger partial charge in [-0.15, -0.1) is 0 Å². The normalized spacial score (nSPS) is 11.5. The Labute approximate surface area is 93.5 Å². The summed E-state index contributed by atoms with van der Waals surface area (Å²) in [7, 11) is 0. The molecular formula is C12H26O3. The SMILES string of the molecule is CCCCCCC(CC)C(=O)O.CCO. The lowest BCUT2D eigenvalue weighted by atomic mass is 9.99. The third kappa shape index (κ3) is 13.4. The van der Waals surface area contributed by atoms with Gasteiger partial charge in [-0.1, -0.05) is 39.5 Å². The highest BCUT2D eigenvalue weighted by molar-refractivity contribution is 5.69. The number of hydrogen-bond acceptors (Lipinski definition) is 2. The molecule has 0 spiro atoms. The Bertz CT molecular complexity index is 135. The van der Waals surface area contributed by atoms with Crippen LogP contribution >= 0.6 is 0 Å². The summed E-state index contributed by atoms with van der Waals surface area (Å²) in [6.45, 7) is 6.03. The monoisotopic (exact) mass is 218 g/mol. The van der Waals surface area contributed by atoms with Gasteiger partial charge >= 0.3 is 5.97 Å². The molecule has 15 heavy (non-hydrogen) atoms. The van der Waals surface area contributed by atoms with Gasteiger partial charge in [0.15, 0.2) is 0 Å². The highest BCUT2D eigenvalue weighted by atomic mass is 16.4. The van der Waals surface area contributed by atoms with Crippen molar-refractivity contribution < 1.29 is 15.0 Å². The number of unbranched alkanes of at least 4 members (excludes halogenated alkanes) is 3. The van der Waals surface area contributed by atoms with E-state index in [2.05, 4.69) is 6.92 Å². The molecule has 0 radical (unpaired) electrons. The first-order valence-corrected chi connectivity index (χ1v) is 5.97. The van der Waals surface area contributed by atoms with E-state index in [4.69, 9.17) is 10.2 Å². The topological polar surface area (TPSA) is 57.5 Å². The molecule has 3 nitrogen and oxygen atoms in total. The molecule has 1 unspecified atom stereocenters. The first-order valence-electron chi connectivity index (χ1n) is 5.97. The fourth-order valence-corrected chi connectivity index (χ4v) is 1.32. The molecule has 0 amide bonds. The summed E-state index contributed by atoms with van der Waals surface area (Å²) in [5.41, 5.74) is 0. The summed E-state index contributed by atoms with van der Waals surface area (Å²) >= 11 is 0. The van der Waals surface area contributed by atoms with Crippen LogP contribution in [0.2, 0.25) is 0 Å². The first-order chi connectivity index (χ1) is 7.13. The number of carboxylic acid groups (broad SMARTS) is 1. The van der Waals surface area contributed by atoms with Gasteiger partial charge in [-0.2, -0.15) is 0 Å². The average Bonchev–Trinajstić information content (AvgIpc) is 2.18. The number of rotatable bonds is 7.